The van der Waals surface area contributed by atoms with Gasteiger partial charge in [0.25, 0.3) is 0 Å². The lowest BCUT2D eigenvalue weighted by Gasteiger charge is -2.18. The molecule has 0 rings (SSSR count). The summed E-state index contributed by atoms with van der Waals surface area (Å²) in [5, 5.41) is 0. The molecule has 6 heteroatoms. The molecule has 0 aliphatic heterocycles. The van der Waals surface area contributed by atoms with Crippen LogP contribution in [0.4, 0.5) is 0 Å². The largest absolute Gasteiger partial charge is 0.462 e. The van der Waals surface area contributed by atoms with Crippen molar-refractivity contribution in [3.8, 4) is 0 Å². The Kier molecular flexibility index (Phi) is 68.2. The van der Waals surface area contributed by atoms with E-state index >= 15 is 0 Å². The molecule has 0 fully saturated rings. The SMILES string of the molecule is CC/C=C\C/C=C\C/C=C\C/C=C\C/C=C\C/C=C\C/C=C\CCCC(=O)OC(COC(=O)CCCCCCCCCCCCCCCCCCC)COC(=O)CCCCCCCCCCCCCCCCCCCCCCCCCCC. The Bertz CT molecular complexity index is 1570. The molecule has 0 aliphatic carbocycles. The van der Waals surface area contributed by atoms with Crippen LogP contribution < -0.4 is 0 Å². The third-order valence-corrected chi connectivity index (χ3v) is 15.9. The fourth-order valence-corrected chi connectivity index (χ4v) is 10.6. The normalized spacial score (nSPS) is 12.6. The minimum absolute atomic E-state index is 0.0950. The lowest BCUT2D eigenvalue weighted by molar-refractivity contribution is -0.167. The Morgan fingerprint density at radius 3 is 0.723 bits per heavy atom. The van der Waals surface area contributed by atoms with Crippen molar-refractivity contribution in [2.24, 2.45) is 0 Å². The lowest BCUT2D eigenvalue weighted by atomic mass is 10.0. The molecule has 0 aliphatic rings. The van der Waals surface area contributed by atoms with Crippen LogP contribution in [-0.4, -0.2) is 37.2 Å². The molecule has 0 aromatic carbocycles. The molecule has 0 heterocycles. The van der Waals surface area contributed by atoms with Crippen LogP contribution in [0.3, 0.4) is 0 Å². The number of ether oxygens (including phenoxy) is 3. The number of rotatable bonds is 66. The summed E-state index contributed by atoms with van der Waals surface area (Å²) in [4.78, 5) is 38.5. The van der Waals surface area contributed by atoms with Crippen LogP contribution in [0.5, 0.6) is 0 Å². The van der Waals surface area contributed by atoms with Gasteiger partial charge in [0.2, 0.25) is 0 Å². The van der Waals surface area contributed by atoms with E-state index in [1.165, 1.54) is 231 Å². The van der Waals surface area contributed by atoms with Gasteiger partial charge < -0.3 is 14.2 Å². The zero-order valence-corrected chi connectivity index (χ0v) is 55.2. The van der Waals surface area contributed by atoms with Crippen molar-refractivity contribution < 1.29 is 28.6 Å². The molecule has 1 unspecified atom stereocenters. The molecule has 0 spiro atoms. The first kappa shape index (κ1) is 79.6. The standard InChI is InChI=1S/C77H136O6/c1-4-7-10-13-16-19-22-25-28-31-33-35-37-38-40-41-43-46-49-52-55-58-61-64-67-70-76(79)82-73-74(72-81-75(78)69-66-63-60-57-54-51-48-45-30-27-24-21-18-15-12-9-6-3)83-77(80)71-68-65-62-59-56-53-50-47-44-42-39-36-34-32-29-26-23-20-17-14-11-8-5-2/h8,11,17,20,26,29,34,36,42,44,50,53,59,62,74H,4-7,9-10,12-16,18-19,21-25,27-28,30-33,35,37-41,43,45-49,51-52,54-58,60-61,63-73H2,1-3H3/b11-8-,20-17-,29-26-,36-34-,44-42-,53-50-,62-59-. The van der Waals surface area contributed by atoms with Crippen LogP contribution in [0, 0.1) is 0 Å². The number of esters is 3. The highest BCUT2D eigenvalue weighted by Crippen LogP contribution is 2.18. The van der Waals surface area contributed by atoms with Crippen LogP contribution >= 0.6 is 0 Å². The summed E-state index contributed by atoms with van der Waals surface area (Å²) in [6, 6.07) is 0. The van der Waals surface area contributed by atoms with E-state index in [-0.39, 0.29) is 37.5 Å². The number of allylic oxidation sites excluding steroid dienone is 14. The van der Waals surface area contributed by atoms with Crippen LogP contribution in [0.1, 0.15) is 367 Å². The smallest absolute Gasteiger partial charge is 0.306 e. The van der Waals surface area contributed by atoms with Crippen LogP contribution in [0.2, 0.25) is 0 Å². The summed E-state index contributed by atoms with van der Waals surface area (Å²) in [6.45, 7) is 6.55. The molecule has 0 N–H and O–H groups in total. The van der Waals surface area contributed by atoms with Gasteiger partial charge in [-0.1, -0.05) is 363 Å². The van der Waals surface area contributed by atoms with Crippen molar-refractivity contribution in [1.82, 2.24) is 0 Å². The zero-order valence-electron chi connectivity index (χ0n) is 55.2. The van der Waals surface area contributed by atoms with Crippen molar-refractivity contribution >= 4 is 17.9 Å². The van der Waals surface area contributed by atoms with Crippen molar-refractivity contribution in [3.63, 3.8) is 0 Å². The van der Waals surface area contributed by atoms with E-state index in [9.17, 15) is 14.4 Å². The molecule has 0 aromatic rings. The molecule has 480 valence electrons. The zero-order chi connectivity index (χ0) is 59.9. The van der Waals surface area contributed by atoms with Crippen molar-refractivity contribution in [3.05, 3.63) is 85.1 Å². The second kappa shape index (κ2) is 71.1. The molecule has 0 saturated carbocycles. The summed E-state index contributed by atoms with van der Waals surface area (Å²) < 4.78 is 17.0. The van der Waals surface area contributed by atoms with Gasteiger partial charge in [-0.15, -0.1) is 0 Å². The van der Waals surface area contributed by atoms with Crippen LogP contribution in [-0.2, 0) is 28.6 Å². The lowest BCUT2D eigenvalue weighted by Crippen LogP contribution is -2.30. The highest BCUT2D eigenvalue weighted by Gasteiger charge is 2.19. The minimum atomic E-state index is -0.807. The molecule has 0 bridgehead atoms. The van der Waals surface area contributed by atoms with E-state index in [0.29, 0.717) is 19.3 Å². The topological polar surface area (TPSA) is 78.9 Å². The summed E-state index contributed by atoms with van der Waals surface area (Å²) in [6.07, 6.45) is 94.8. The monoisotopic (exact) mass is 1160 g/mol. The van der Waals surface area contributed by atoms with Gasteiger partial charge in [0.1, 0.15) is 13.2 Å². The molecule has 0 amide bonds. The summed E-state index contributed by atoms with van der Waals surface area (Å²) >= 11 is 0. The maximum Gasteiger partial charge on any atom is 0.306 e. The summed E-state index contributed by atoms with van der Waals surface area (Å²) in [5.41, 5.74) is 0. The molecule has 0 saturated heterocycles. The molecule has 6 nitrogen and oxygen atoms in total. The Morgan fingerprint density at radius 1 is 0.253 bits per heavy atom. The van der Waals surface area contributed by atoms with E-state index in [1.54, 1.807) is 0 Å². The Morgan fingerprint density at radius 2 is 0.470 bits per heavy atom. The van der Waals surface area contributed by atoms with Crippen molar-refractivity contribution in [2.75, 3.05) is 13.2 Å². The third-order valence-electron chi connectivity index (χ3n) is 15.9. The van der Waals surface area contributed by atoms with Gasteiger partial charge in [0, 0.05) is 19.3 Å². The highest BCUT2D eigenvalue weighted by atomic mass is 16.6. The predicted molar refractivity (Wildman–Crippen MR) is 362 cm³/mol. The van der Waals surface area contributed by atoms with Crippen molar-refractivity contribution in [1.29, 1.82) is 0 Å². The van der Waals surface area contributed by atoms with E-state index in [2.05, 4.69) is 106 Å². The van der Waals surface area contributed by atoms with E-state index < -0.39 is 6.10 Å². The fourth-order valence-electron chi connectivity index (χ4n) is 10.6. The van der Waals surface area contributed by atoms with Crippen LogP contribution in [0.15, 0.2) is 85.1 Å². The quantitative estimate of drug-likeness (QED) is 0.0261. The van der Waals surface area contributed by atoms with Gasteiger partial charge in [-0.05, 0) is 70.6 Å². The second-order valence-electron chi connectivity index (χ2n) is 24.1. The van der Waals surface area contributed by atoms with Gasteiger partial charge in [0.05, 0.1) is 0 Å². The molecule has 0 aromatic heterocycles. The molecule has 0 radical (unpaired) electrons. The third kappa shape index (κ3) is 69.3. The second-order valence-corrected chi connectivity index (χ2v) is 24.1. The number of hydrogen-bond acceptors (Lipinski definition) is 6. The summed E-state index contributed by atoms with van der Waals surface area (Å²) in [5.74, 6) is -0.932. The van der Waals surface area contributed by atoms with Gasteiger partial charge in [0.15, 0.2) is 6.10 Å². The molecular formula is C77H136O6. The first-order valence-corrected chi connectivity index (χ1v) is 36.1. The molecular weight excluding hydrogens is 1020 g/mol. The van der Waals surface area contributed by atoms with E-state index in [1.807, 2.05) is 0 Å². The molecule has 1 atom stereocenters. The average Bonchev–Trinajstić information content (AvgIpc) is 3.49. The Balaban J connectivity index is 4.40. The molecule has 83 heavy (non-hydrogen) atoms. The number of hydrogen-bond donors (Lipinski definition) is 0. The van der Waals surface area contributed by atoms with E-state index in [4.69, 9.17) is 14.2 Å². The van der Waals surface area contributed by atoms with Crippen LogP contribution in [0.25, 0.3) is 0 Å². The first-order valence-electron chi connectivity index (χ1n) is 36.1. The van der Waals surface area contributed by atoms with Crippen molar-refractivity contribution in [2.45, 2.75) is 374 Å². The van der Waals surface area contributed by atoms with Gasteiger partial charge in [-0.3, -0.25) is 14.4 Å². The number of unbranched alkanes of at least 4 members (excludes halogenated alkanes) is 41. The first-order chi connectivity index (χ1) is 41.0. The predicted octanol–water partition coefficient (Wildman–Crippen LogP) is 25.0. The number of carbonyl (C=O) groups is 3. The van der Waals surface area contributed by atoms with E-state index in [0.717, 1.165) is 89.9 Å². The number of carbonyl (C=O) groups excluding carboxylic acids is 3. The van der Waals surface area contributed by atoms with Gasteiger partial charge in [-0.2, -0.15) is 0 Å². The van der Waals surface area contributed by atoms with Gasteiger partial charge >= 0.3 is 17.9 Å². The fraction of sp³-hybridized carbons (Fsp3) is 0.779. The Hall–Kier alpha value is -3.41. The minimum Gasteiger partial charge on any atom is -0.462 e. The maximum atomic E-state index is 12.9. The summed E-state index contributed by atoms with van der Waals surface area (Å²) in [7, 11) is 0. The average molecular weight is 1160 g/mol. The highest BCUT2D eigenvalue weighted by molar-refractivity contribution is 5.71. The Labute approximate surface area is 515 Å². The van der Waals surface area contributed by atoms with Gasteiger partial charge in [-0.25, -0.2) is 0 Å². The maximum absolute atomic E-state index is 12.9.